The molecule has 4 rings (SSSR count). The van der Waals surface area contributed by atoms with Gasteiger partial charge >= 0.3 is 0 Å². The van der Waals surface area contributed by atoms with Crippen molar-refractivity contribution in [3.05, 3.63) is 36.4 Å². The van der Waals surface area contributed by atoms with E-state index in [4.69, 9.17) is 14.2 Å². The molecule has 2 aromatic heterocycles. The van der Waals surface area contributed by atoms with Crippen LogP contribution in [0.5, 0.6) is 17.2 Å². The first-order valence-corrected chi connectivity index (χ1v) is 11.1. The van der Waals surface area contributed by atoms with Crippen LogP contribution in [0.2, 0.25) is 0 Å². The van der Waals surface area contributed by atoms with Gasteiger partial charge in [0.2, 0.25) is 11.1 Å². The molecule has 0 fully saturated rings. The lowest BCUT2D eigenvalue weighted by Gasteiger charge is -2.15. The topological polar surface area (TPSA) is 111 Å². The van der Waals surface area contributed by atoms with E-state index in [1.165, 1.54) is 11.8 Å². The Hall–Kier alpha value is -3.53. The molecule has 10 heteroatoms. The van der Waals surface area contributed by atoms with Crippen LogP contribution in [-0.2, 0) is 4.79 Å². The number of carbonyl (C=O) groups excluding carboxylic acids is 1. The Labute approximate surface area is 188 Å². The molecule has 0 atom stereocenters. The number of carbonyl (C=O) groups is 1. The monoisotopic (exact) mass is 453 g/mol. The second-order valence-corrected chi connectivity index (χ2v) is 7.60. The number of nitrogens with zero attached hydrogens (tertiary/aromatic N) is 3. The molecule has 0 saturated heterocycles. The summed E-state index contributed by atoms with van der Waals surface area (Å²) < 4.78 is 16.5. The van der Waals surface area contributed by atoms with Crippen LogP contribution < -0.4 is 19.5 Å². The smallest absolute Gasteiger partial charge is 0.235 e. The first-order valence-electron chi connectivity index (χ1n) is 10.1. The molecule has 2 aromatic carbocycles. The van der Waals surface area contributed by atoms with Gasteiger partial charge in [0, 0.05) is 10.9 Å². The van der Waals surface area contributed by atoms with E-state index in [1.54, 1.807) is 19.2 Å². The van der Waals surface area contributed by atoms with Crippen LogP contribution in [-0.4, -0.2) is 52.1 Å². The number of hydrogen-bond donors (Lipinski definition) is 2. The number of amides is 1. The van der Waals surface area contributed by atoms with Gasteiger partial charge in [0.15, 0.2) is 5.65 Å². The summed E-state index contributed by atoms with van der Waals surface area (Å²) in [5.74, 6) is 1.73. The second-order valence-electron chi connectivity index (χ2n) is 6.66. The summed E-state index contributed by atoms with van der Waals surface area (Å²) in [4.78, 5) is 20.4. The van der Waals surface area contributed by atoms with Gasteiger partial charge in [0.05, 0.1) is 26.1 Å². The molecule has 166 valence electrons. The number of thioether (sulfide) groups is 1. The number of nitrogens with one attached hydrogen (secondary N) is 2. The number of ether oxygens (including phenoxy) is 3. The van der Waals surface area contributed by atoms with E-state index < -0.39 is 0 Å². The van der Waals surface area contributed by atoms with Gasteiger partial charge in [-0.1, -0.05) is 17.8 Å². The summed E-state index contributed by atoms with van der Waals surface area (Å²) in [7, 11) is 1.61. The third-order valence-corrected chi connectivity index (χ3v) is 5.42. The van der Waals surface area contributed by atoms with Gasteiger partial charge in [-0.25, -0.2) is 4.98 Å². The lowest BCUT2D eigenvalue weighted by Crippen LogP contribution is -2.16. The number of aromatic nitrogens is 4. The predicted octanol–water partition coefficient (Wildman–Crippen LogP) is 4.04. The zero-order valence-electron chi connectivity index (χ0n) is 18.0. The van der Waals surface area contributed by atoms with Crippen molar-refractivity contribution in [3.8, 4) is 17.2 Å². The molecule has 0 aliphatic carbocycles. The minimum atomic E-state index is -0.229. The Balaban J connectivity index is 1.49. The summed E-state index contributed by atoms with van der Waals surface area (Å²) in [5, 5.41) is 12.6. The number of benzene rings is 2. The highest BCUT2D eigenvalue weighted by Gasteiger charge is 2.16. The van der Waals surface area contributed by atoms with E-state index in [-0.39, 0.29) is 11.7 Å². The molecule has 4 aromatic rings. The van der Waals surface area contributed by atoms with Gasteiger partial charge in [-0.05, 0) is 44.2 Å². The van der Waals surface area contributed by atoms with E-state index >= 15 is 0 Å². The van der Waals surface area contributed by atoms with Crippen molar-refractivity contribution in [1.82, 2.24) is 20.2 Å². The van der Waals surface area contributed by atoms with Crippen LogP contribution in [0.4, 0.5) is 5.69 Å². The quantitative estimate of drug-likeness (QED) is 0.365. The Bertz CT molecular complexity index is 1240. The number of H-pyrrole nitrogens is 1. The first-order chi connectivity index (χ1) is 15.6. The van der Waals surface area contributed by atoms with Gasteiger partial charge in [-0.3, -0.25) is 4.79 Å². The molecular formula is C22H23N5O4S. The number of fused-ring (bicyclic) bond motifs is 3. The minimum absolute atomic E-state index is 0.104. The van der Waals surface area contributed by atoms with Gasteiger partial charge in [0.25, 0.3) is 0 Å². The molecule has 0 spiro atoms. The number of aromatic amines is 1. The maximum atomic E-state index is 12.6. The van der Waals surface area contributed by atoms with Crippen LogP contribution in [0.25, 0.3) is 22.1 Å². The van der Waals surface area contributed by atoms with Crippen molar-refractivity contribution in [2.75, 3.05) is 31.4 Å². The van der Waals surface area contributed by atoms with Crippen LogP contribution >= 0.6 is 11.8 Å². The molecule has 0 unspecified atom stereocenters. The van der Waals surface area contributed by atoms with E-state index in [0.717, 1.165) is 16.7 Å². The molecular weight excluding hydrogens is 430 g/mol. The number of rotatable bonds is 9. The van der Waals surface area contributed by atoms with Crippen molar-refractivity contribution in [1.29, 1.82) is 0 Å². The van der Waals surface area contributed by atoms with E-state index in [0.29, 0.717) is 46.7 Å². The second kappa shape index (κ2) is 9.73. The molecule has 9 nitrogen and oxygen atoms in total. The molecule has 2 N–H and O–H groups in total. The molecule has 2 heterocycles. The van der Waals surface area contributed by atoms with Gasteiger partial charge < -0.3 is 24.5 Å². The number of methoxy groups -OCH3 is 1. The number of hydrogen-bond acceptors (Lipinski definition) is 8. The molecule has 0 aliphatic heterocycles. The van der Waals surface area contributed by atoms with Crippen molar-refractivity contribution in [2.45, 2.75) is 19.0 Å². The van der Waals surface area contributed by atoms with Crippen LogP contribution in [0.15, 0.2) is 41.6 Å². The minimum Gasteiger partial charge on any atom is -0.497 e. The van der Waals surface area contributed by atoms with Gasteiger partial charge in [-0.2, -0.15) is 0 Å². The average Bonchev–Trinajstić information content (AvgIpc) is 3.17. The summed E-state index contributed by atoms with van der Waals surface area (Å²) in [6.07, 6.45) is 0. The van der Waals surface area contributed by atoms with Crippen molar-refractivity contribution in [3.63, 3.8) is 0 Å². The molecule has 0 aliphatic rings. The third kappa shape index (κ3) is 4.54. The number of para-hydroxylation sites is 1. The lowest BCUT2D eigenvalue weighted by molar-refractivity contribution is -0.113. The maximum absolute atomic E-state index is 12.6. The lowest BCUT2D eigenvalue weighted by atomic mass is 10.2. The summed E-state index contributed by atoms with van der Waals surface area (Å²) in [5.41, 5.74) is 2.66. The predicted molar refractivity (Wildman–Crippen MR) is 124 cm³/mol. The Kier molecular flexibility index (Phi) is 6.60. The van der Waals surface area contributed by atoms with Crippen molar-refractivity contribution >= 4 is 45.4 Å². The molecule has 0 bridgehead atoms. The average molecular weight is 454 g/mol. The van der Waals surface area contributed by atoms with E-state index in [2.05, 4.69) is 25.5 Å². The summed E-state index contributed by atoms with van der Waals surface area (Å²) in [6.45, 7) is 4.72. The summed E-state index contributed by atoms with van der Waals surface area (Å²) >= 11 is 1.20. The van der Waals surface area contributed by atoms with E-state index in [1.807, 2.05) is 38.1 Å². The first kappa shape index (κ1) is 21.7. The SMILES string of the molecule is CCOc1cccc(OCC)c1NC(=O)CSc1nnc2c(n1)[nH]c1ccc(OC)cc12. The van der Waals surface area contributed by atoms with Crippen LogP contribution in [0.3, 0.4) is 0 Å². The Morgan fingerprint density at radius 2 is 1.84 bits per heavy atom. The molecule has 0 radical (unpaired) electrons. The fourth-order valence-electron chi connectivity index (χ4n) is 3.21. The largest absolute Gasteiger partial charge is 0.497 e. The van der Waals surface area contributed by atoms with E-state index in [9.17, 15) is 4.79 Å². The molecule has 32 heavy (non-hydrogen) atoms. The summed E-state index contributed by atoms with van der Waals surface area (Å²) in [6, 6.07) is 11.1. The zero-order valence-corrected chi connectivity index (χ0v) is 18.8. The van der Waals surface area contributed by atoms with Crippen molar-refractivity contribution in [2.24, 2.45) is 0 Å². The molecule has 1 amide bonds. The van der Waals surface area contributed by atoms with Crippen molar-refractivity contribution < 1.29 is 19.0 Å². The van der Waals surface area contributed by atoms with Crippen LogP contribution in [0.1, 0.15) is 13.8 Å². The Morgan fingerprint density at radius 1 is 1.09 bits per heavy atom. The van der Waals surface area contributed by atoms with Crippen LogP contribution in [0, 0.1) is 0 Å². The number of anilines is 1. The van der Waals surface area contributed by atoms with Gasteiger partial charge in [-0.15, -0.1) is 10.2 Å². The fourth-order valence-corrected chi connectivity index (χ4v) is 3.80. The zero-order chi connectivity index (χ0) is 22.5. The third-order valence-electron chi connectivity index (χ3n) is 4.59. The normalized spacial score (nSPS) is 11.0. The maximum Gasteiger partial charge on any atom is 0.235 e. The fraction of sp³-hybridized carbons (Fsp3) is 0.273. The highest BCUT2D eigenvalue weighted by Crippen LogP contribution is 2.35. The highest BCUT2D eigenvalue weighted by molar-refractivity contribution is 7.99. The Morgan fingerprint density at radius 3 is 2.53 bits per heavy atom. The van der Waals surface area contributed by atoms with Gasteiger partial charge in [0.1, 0.15) is 28.5 Å². The highest BCUT2D eigenvalue weighted by atomic mass is 32.2. The molecule has 0 saturated carbocycles. The standard InChI is InChI=1S/C22H23N5O4S/c1-4-30-16-7-6-8-17(31-5-2)20(16)24-18(28)12-32-22-25-21-19(26-27-22)14-11-13(29-3)9-10-15(14)23-21/h6-11H,4-5,12H2,1-3H3,(H,24,28)(H,23,25,27).